The number of hydrogen-bond donors (Lipinski definition) is 3. The number of carbonyl (C=O) groups is 1. The highest BCUT2D eigenvalue weighted by Crippen LogP contribution is 2.49. The third-order valence-corrected chi connectivity index (χ3v) is 4.29. The van der Waals surface area contributed by atoms with Gasteiger partial charge in [-0.05, 0) is 24.3 Å². The summed E-state index contributed by atoms with van der Waals surface area (Å²) in [6.45, 7) is 1.73. The molecule has 0 aromatic heterocycles. The van der Waals surface area contributed by atoms with Crippen LogP contribution in [0.15, 0.2) is 18.2 Å². The minimum absolute atomic E-state index is 0.0808. The summed E-state index contributed by atoms with van der Waals surface area (Å²) in [5.74, 6) is 0.627. The number of likely N-dealkylation sites (tertiary alicyclic amines) is 1. The summed E-state index contributed by atoms with van der Waals surface area (Å²) in [5.41, 5.74) is 5.86. The van der Waals surface area contributed by atoms with Crippen molar-refractivity contribution in [1.82, 2.24) is 10.2 Å². The van der Waals surface area contributed by atoms with Crippen molar-refractivity contribution in [3.05, 3.63) is 29.6 Å². The molecule has 2 fully saturated rings. The van der Waals surface area contributed by atoms with Crippen molar-refractivity contribution in [3.8, 4) is 5.75 Å². The summed E-state index contributed by atoms with van der Waals surface area (Å²) < 4.78 is 13.6. The van der Waals surface area contributed by atoms with Crippen molar-refractivity contribution in [2.45, 2.75) is 19.0 Å². The number of nitrogens with one attached hydrogen (secondary N) is 1. The smallest absolute Gasteiger partial charge is 0.315 e. The van der Waals surface area contributed by atoms with E-state index in [1.54, 1.807) is 11.0 Å². The second kappa shape index (κ2) is 4.94. The number of piperidine rings is 1. The van der Waals surface area contributed by atoms with Crippen molar-refractivity contribution in [2.24, 2.45) is 17.6 Å². The van der Waals surface area contributed by atoms with Crippen molar-refractivity contribution in [3.63, 3.8) is 0 Å². The predicted octanol–water partition coefficient (Wildman–Crippen LogP) is 1.02. The van der Waals surface area contributed by atoms with E-state index in [1.807, 2.05) is 0 Å². The summed E-state index contributed by atoms with van der Waals surface area (Å²) in [6, 6.07) is 3.86. The number of carbonyl (C=O) groups excluding carboxylic acids is 1. The van der Waals surface area contributed by atoms with Crippen LogP contribution in [0.2, 0.25) is 0 Å². The first-order chi connectivity index (χ1) is 9.56. The molecule has 1 saturated carbocycles. The van der Waals surface area contributed by atoms with Gasteiger partial charge in [0.25, 0.3) is 0 Å². The normalized spacial score (nSPS) is 27.4. The fourth-order valence-corrected chi connectivity index (χ4v) is 3.12. The maximum Gasteiger partial charge on any atom is 0.315 e. The molecule has 1 heterocycles. The van der Waals surface area contributed by atoms with E-state index in [0.29, 0.717) is 30.5 Å². The predicted molar refractivity (Wildman–Crippen MR) is 71.4 cm³/mol. The van der Waals surface area contributed by atoms with Crippen LogP contribution in [0.4, 0.5) is 9.18 Å². The molecule has 1 saturated heterocycles. The zero-order chi connectivity index (χ0) is 14.3. The molecule has 0 bridgehead atoms. The number of halogens is 1. The maximum absolute atomic E-state index is 13.6. The van der Waals surface area contributed by atoms with Gasteiger partial charge in [-0.1, -0.05) is 6.07 Å². The average Bonchev–Trinajstić information content (AvgIpc) is 3.06. The molecule has 20 heavy (non-hydrogen) atoms. The number of aromatic hydroxyl groups is 1. The molecule has 5 nitrogen and oxygen atoms in total. The fourth-order valence-electron chi connectivity index (χ4n) is 3.12. The lowest BCUT2D eigenvalue weighted by Gasteiger charge is -2.26. The van der Waals surface area contributed by atoms with Crippen LogP contribution < -0.4 is 11.1 Å². The Labute approximate surface area is 116 Å². The molecule has 3 atom stereocenters. The van der Waals surface area contributed by atoms with Gasteiger partial charge in [0, 0.05) is 37.3 Å². The van der Waals surface area contributed by atoms with Gasteiger partial charge in [-0.25, -0.2) is 9.18 Å². The number of rotatable bonds is 4. The summed E-state index contributed by atoms with van der Waals surface area (Å²) in [5, 5.41) is 12.3. The van der Waals surface area contributed by atoms with Gasteiger partial charge < -0.3 is 21.1 Å². The van der Waals surface area contributed by atoms with Crippen LogP contribution in [0.25, 0.3) is 0 Å². The average molecular weight is 279 g/mol. The van der Waals surface area contributed by atoms with Gasteiger partial charge in [-0.3, -0.25) is 0 Å². The summed E-state index contributed by atoms with van der Waals surface area (Å²) >= 11 is 0. The quantitative estimate of drug-likeness (QED) is 0.770. The lowest BCUT2D eigenvalue weighted by Crippen LogP contribution is -2.46. The Kier molecular flexibility index (Phi) is 3.25. The third-order valence-electron chi connectivity index (χ3n) is 4.29. The van der Waals surface area contributed by atoms with Gasteiger partial charge in [0.15, 0.2) is 0 Å². The number of fused-ring (bicyclic) bond motifs is 1. The Morgan fingerprint density at radius 1 is 1.55 bits per heavy atom. The van der Waals surface area contributed by atoms with Crippen LogP contribution in [0, 0.1) is 17.7 Å². The molecule has 1 aliphatic heterocycles. The lowest BCUT2D eigenvalue weighted by atomic mass is 10.1. The SMILES string of the molecule is NC(=O)N1CC2CC2C1CNCc1ccc(O)cc1F. The van der Waals surface area contributed by atoms with Crippen molar-refractivity contribution in [1.29, 1.82) is 0 Å². The zero-order valence-electron chi connectivity index (χ0n) is 11.1. The molecule has 108 valence electrons. The number of nitrogens with zero attached hydrogens (tertiary/aromatic N) is 1. The largest absolute Gasteiger partial charge is 0.508 e. The first-order valence-corrected chi connectivity index (χ1v) is 6.80. The van der Waals surface area contributed by atoms with Crippen molar-refractivity contribution >= 4 is 6.03 Å². The van der Waals surface area contributed by atoms with E-state index in [1.165, 1.54) is 6.07 Å². The highest BCUT2D eigenvalue weighted by Gasteiger charge is 2.53. The van der Waals surface area contributed by atoms with E-state index in [-0.39, 0.29) is 17.8 Å². The number of primary amides is 1. The minimum atomic E-state index is -0.431. The van der Waals surface area contributed by atoms with Gasteiger partial charge in [0.1, 0.15) is 11.6 Å². The van der Waals surface area contributed by atoms with Crippen LogP contribution in [0.5, 0.6) is 5.75 Å². The number of phenolic OH excluding ortho intramolecular Hbond substituents is 1. The van der Waals surface area contributed by atoms with E-state index < -0.39 is 5.82 Å². The van der Waals surface area contributed by atoms with E-state index >= 15 is 0 Å². The standard InChI is InChI=1S/C14H18FN3O2/c15-12-4-10(19)2-1-8(12)5-17-6-13-11-3-9(11)7-18(13)14(16)20/h1-2,4,9,11,13,17,19H,3,5-7H2,(H2,16,20). The number of hydrogen-bond acceptors (Lipinski definition) is 3. The third kappa shape index (κ3) is 2.43. The van der Waals surface area contributed by atoms with Gasteiger partial charge in [-0.15, -0.1) is 0 Å². The topological polar surface area (TPSA) is 78.6 Å². The molecule has 2 aliphatic rings. The summed E-state index contributed by atoms with van der Waals surface area (Å²) in [6.07, 6.45) is 1.16. The molecule has 1 aromatic carbocycles. The van der Waals surface area contributed by atoms with Crippen LogP contribution in [0.1, 0.15) is 12.0 Å². The molecule has 3 unspecified atom stereocenters. The number of amides is 2. The molecular formula is C14H18FN3O2. The number of phenols is 1. The molecule has 0 radical (unpaired) electrons. The molecule has 1 aliphatic carbocycles. The van der Waals surface area contributed by atoms with Crippen molar-refractivity contribution < 1.29 is 14.3 Å². The number of nitrogens with two attached hydrogens (primary N) is 1. The maximum atomic E-state index is 13.6. The first kappa shape index (κ1) is 13.2. The van der Waals surface area contributed by atoms with E-state index in [9.17, 15) is 9.18 Å². The molecule has 4 N–H and O–H groups in total. The van der Waals surface area contributed by atoms with Crippen LogP contribution in [-0.2, 0) is 6.54 Å². The molecule has 0 spiro atoms. The van der Waals surface area contributed by atoms with Crippen LogP contribution in [-0.4, -0.2) is 35.2 Å². The van der Waals surface area contributed by atoms with E-state index in [2.05, 4.69) is 5.32 Å². The highest BCUT2D eigenvalue weighted by atomic mass is 19.1. The Morgan fingerprint density at radius 2 is 2.35 bits per heavy atom. The summed E-state index contributed by atoms with van der Waals surface area (Å²) in [7, 11) is 0. The van der Waals surface area contributed by atoms with Gasteiger partial charge in [0.05, 0.1) is 0 Å². The van der Waals surface area contributed by atoms with Gasteiger partial charge in [0.2, 0.25) is 0 Å². The monoisotopic (exact) mass is 279 g/mol. The molecule has 6 heteroatoms. The molecule has 1 aromatic rings. The minimum Gasteiger partial charge on any atom is -0.508 e. The second-order valence-electron chi connectivity index (χ2n) is 5.62. The lowest BCUT2D eigenvalue weighted by molar-refractivity contribution is 0.190. The van der Waals surface area contributed by atoms with Crippen molar-refractivity contribution in [2.75, 3.05) is 13.1 Å². The Balaban J connectivity index is 1.55. The highest BCUT2D eigenvalue weighted by molar-refractivity contribution is 5.73. The first-order valence-electron chi connectivity index (χ1n) is 6.80. The molecule has 2 amide bonds. The number of urea groups is 1. The van der Waals surface area contributed by atoms with Crippen LogP contribution in [0.3, 0.4) is 0 Å². The second-order valence-corrected chi connectivity index (χ2v) is 5.62. The van der Waals surface area contributed by atoms with Gasteiger partial charge in [-0.2, -0.15) is 0 Å². The van der Waals surface area contributed by atoms with E-state index in [4.69, 9.17) is 10.8 Å². The Morgan fingerprint density at radius 3 is 3.05 bits per heavy atom. The molecular weight excluding hydrogens is 261 g/mol. The molecule has 3 rings (SSSR count). The zero-order valence-corrected chi connectivity index (χ0v) is 11.1. The summed E-state index contributed by atoms with van der Waals surface area (Å²) in [4.78, 5) is 13.0. The van der Waals surface area contributed by atoms with Gasteiger partial charge >= 0.3 is 6.03 Å². The Hall–Kier alpha value is -1.82. The van der Waals surface area contributed by atoms with Crippen LogP contribution >= 0.6 is 0 Å². The number of benzene rings is 1. The fraction of sp³-hybridized carbons (Fsp3) is 0.500. The van der Waals surface area contributed by atoms with E-state index in [0.717, 1.165) is 19.0 Å². The Bertz CT molecular complexity index is 537.